The molecule has 1 heterocycles. The molecule has 1 aromatic heterocycles. The predicted molar refractivity (Wildman–Crippen MR) is 103 cm³/mol. The summed E-state index contributed by atoms with van der Waals surface area (Å²) < 4.78 is 13.9. The first kappa shape index (κ1) is 19.0. The standard InChI is InChI=1S/C20H19FN2O3S/c1-20(26,17-10-14-4-2-3-5-16(14)27-17)12-23-19(25)18(24)22-11-13-6-8-15(21)9-7-13/h2-10,26H,11-12H2,1H3,(H,22,24)(H,23,25). The van der Waals surface area contributed by atoms with Crippen LogP contribution in [0.15, 0.2) is 54.6 Å². The lowest BCUT2D eigenvalue weighted by atomic mass is 10.0. The molecular formula is C20H19FN2O3S. The summed E-state index contributed by atoms with van der Waals surface area (Å²) in [5, 5.41) is 16.6. The van der Waals surface area contributed by atoms with Gasteiger partial charge in [-0.05, 0) is 42.1 Å². The summed E-state index contributed by atoms with van der Waals surface area (Å²) in [6, 6.07) is 15.2. The van der Waals surface area contributed by atoms with E-state index in [1.165, 1.54) is 35.6 Å². The van der Waals surface area contributed by atoms with Crippen molar-refractivity contribution in [1.29, 1.82) is 0 Å². The van der Waals surface area contributed by atoms with Gasteiger partial charge in [-0.2, -0.15) is 0 Å². The molecule has 5 nitrogen and oxygen atoms in total. The fourth-order valence-electron chi connectivity index (χ4n) is 2.53. The maximum absolute atomic E-state index is 12.9. The van der Waals surface area contributed by atoms with Crippen LogP contribution in [-0.2, 0) is 21.7 Å². The fraction of sp³-hybridized carbons (Fsp3) is 0.200. The van der Waals surface area contributed by atoms with Crippen LogP contribution in [0.1, 0.15) is 17.4 Å². The number of benzene rings is 2. The van der Waals surface area contributed by atoms with E-state index < -0.39 is 17.4 Å². The highest BCUT2D eigenvalue weighted by Crippen LogP contribution is 2.32. The third kappa shape index (κ3) is 4.69. The molecule has 0 spiro atoms. The Kier molecular flexibility index (Phi) is 5.53. The van der Waals surface area contributed by atoms with Crippen LogP contribution in [0, 0.1) is 5.82 Å². The molecule has 0 radical (unpaired) electrons. The minimum absolute atomic E-state index is 0.0946. The molecule has 2 aromatic carbocycles. The van der Waals surface area contributed by atoms with Crippen LogP contribution in [0.5, 0.6) is 0 Å². The molecule has 0 fully saturated rings. The van der Waals surface area contributed by atoms with Gasteiger partial charge >= 0.3 is 11.8 Å². The van der Waals surface area contributed by atoms with E-state index in [1.54, 1.807) is 6.92 Å². The monoisotopic (exact) mass is 386 g/mol. The third-order valence-corrected chi connectivity index (χ3v) is 5.49. The summed E-state index contributed by atoms with van der Waals surface area (Å²) in [5.41, 5.74) is -0.619. The molecule has 0 saturated heterocycles. The molecule has 1 unspecified atom stereocenters. The Morgan fingerprint density at radius 3 is 2.44 bits per heavy atom. The van der Waals surface area contributed by atoms with Crippen LogP contribution >= 0.6 is 11.3 Å². The first-order valence-electron chi connectivity index (χ1n) is 8.37. The van der Waals surface area contributed by atoms with Crippen LogP contribution in [0.25, 0.3) is 10.1 Å². The smallest absolute Gasteiger partial charge is 0.309 e. The van der Waals surface area contributed by atoms with Crippen molar-refractivity contribution in [3.63, 3.8) is 0 Å². The maximum atomic E-state index is 12.9. The molecule has 0 bridgehead atoms. The predicted octanol–water partition coefficient (Wildman–Crippen LogP) is 2.68. The minimum Gasteiger partial charge on any atom is -0.383 e. The van der Waals surface area contributed by atoms with E-state index in [1.807, 2.05) is 30.3 Å². The highest BCUT2D eigenvalue weighted by atomic mass is 32.1. The average molecular weight is 386 g/mol. The molecule has 3 aromatic rings. The summed E-state index contributed by atoms with van der Waals surface area (Å²) in [7, 11) is 0. The third-order valence-electron chi connectivity index (χ3n) is 4.12. The Labute approximate surface area is 159 Å². The molecule has 3 rings (SSSR count). The van der Waals surface area contributed by atoms with Crippen molar-refractivity contribution in [1.82, 2.24) is 10.6 Å². The number of hydrogen-bond donors (Lipinski definition) is 3. The second-order valence-electron chi connectivity index (χ2n) is 6.41. The van der Waals surface area contributed by atoms with Gasteiger partial charge in [0.25, 0.3) is 0 Å². The zero-order chi connectivity index (χ0) is 19.4. The van der Waals surface area contributed by atoms with Gasteiger partial charge in [-0.25, -0.2) is 4.39 Å². The molecule has 1 atom stereocenters. The number of hydrogen-bond acceptors (Lipinski definition) is 4. The lowest BCUT2D eigenvalue weighted by Gasteiger charge is -2.22. The van der Waals surface area contributed by atoms with Crippen molar-refractivity contribution >= 4 is 33.2 Å². The van der Waals surface area contributed by atoms with Gasteiger partial charge in [0.05, 0.1) is 6.54 Å². The highest BCUT2D eigenvalue weighted by Gasteiger charge is 2.27. The zero-order valence-electron chi connectivity index (χ0n) is 14.7. The zero-order valence-corrected chi connectivity index (χ0v) is 15.5. The van der Waals surface area contributed by atoms with E-state index in [9.17, 15) is 19.1 Å². The van der Waals surface area contributed by atoms with E-state index in [0.717, 1.165) is 10.1 Å². The highest BCUT2D eigenvalue weighted by molar-refractivity contribution is 7.19. The van der Waals surface area contributed by atoms with E-state index in [0.29, 0.717) is 10.4 Å². The number of nitrogens with one attached hydrogen (secondary N) is 2. The van der Waals surface area contributed by atoms with Crippen molar-refractivity contribution in [2.75, 3.05) is 6.54 Å². The molecule has 0 saturated carbocycles. The number of fused-ring (bicyclic) bond motifs is 1. The second kappa shape index (κ2) is 7.85. The van der Waals surface area contributed by atoms with Crippen LogP contribution in [0.2, 0.25) is 0 Å². The molecule has 0 aliphatic heterocycles. The van der Waals surface area contributed by atoms with E-state index in [4.69, 9.17) is 0 Å². The molecule has 27 heavy (non-hydrogen) atoms. The van der Waals surface area contributed by atoms with Gasteiger partial charge in [0.2, 0.25) is 0 Å². The Morgan fingerprint density at radius 1 is 1.07 bits per heavy atom. The number of rotatable bonds is 5. The van der Waals surface area contributed by atoms with Gasteiger partial charge in [-0.3, -0.25) is 9.59 Å². The SMILES string of the molecule is CC(O)(CNC(=O)C(=O)NCc1ccc(F)cc1)c1cc2ccccc2s1. The Morgan fingerprint density at radius 2 is 1.74 bits per heavy atom. The first-order chi connectivity index (χ1) is 12.8. The number of carbonyl (C=O) groups excluding carboxylic acids is 2. The fourth-order valence-corrected chi connectivity index (χ4v) is 3.64. The van der Waals surface area contributed by atoms with Crippen molar-refractivity contribution in [2.24, 2.45) is 0 Å². The summed E-state index contributed by atoms with van der Waals surface area (Å²) in [4.78, 5) is 24.6. The molecule has 140 valence electrons. The molecular weight excluding hydrogens is 367 g/mol. The van der Waals surface area contributed by atoms with Gasteiger partial charge in [-0.1, -0.05) is 30.3 Å². The van der Waals surface area contributed by atoms with E-state index >= 15 is 0 Å². The van der Waals surface area contributed by atoms with Gasteiger partial charge in [0.1, 0.15) is 11.4 Å². The van der Waals surface area contributed by atoms with Crippen LogP contribution < -0.4 is 10.6 Å². The quantitative estimate of drug-likeness (QED) is 0.590. The average Bonchev–Trinajstić information content (AvgIpc) is 3.10. The second-order valence-corrected chi connectivity index (χ2v) is 7.50. The Hall–Kier alpha value is -2.77. The van der Waals surface area contributed by atoms with Crippen molar-refractivity contribution in [2.45, 2.75) is 19.1 Å². The van der Waals surface area contributed by atoms with Crippen molar-refractivity contribution < 1.29 is 19.1 Å². The molecule has 0 aliphatic rings. The van der Waals surface area contributed by atoms with E-state index in [-0.39, 0.29) is 18.9 Å². The largest absolute Gasteiger partial charge is 0.383 e. The first-order valence-corrected chi connectivity index (χ1v) is 9.19. The Balaban J connectivity index is 1.55. The van der Waals surface area contributed by atoms with Crippen molar-refractivity contribution in [3.8, 4) is 0 Å². The summed E-state index contributed by atoms with van der Waals surface area (Å²) in [6.45, 7) is 1.61. The Bertz CT molecular complexity index is 934. The van der Waals surface area contributed by atoms with E-state index in [2.05, 4.69) is 10.6 Å². The summed E-state index contributed by atoms with van der Waals surface area (Å²) in [6.07, 6.45) is 0. The maximum Gasteiger partial charge on any atom is 0.309 e. The molecule has 0 aliphatic carbocycles. The number of thiophene rings is 1. The normalized spacial score (nSPS) is 13.1. The minimum atomic E-state index is -1.30. The van der Waals surface area contributed by atoms with Crippen molar-refractivity contribution in [3.05, 3.63) is 70.9 Å². The van der Waals surface area contributed by atoms with Gasteiger partial charge in [-0.15, -0.1) is 11.3 Å². The number of halogens is 1. The number of carbonyl (C=O) groups is 2. The summed E-state index contributed by atoms with van der Waals surface area (Å²) in [5.74, 6) is -2.02. The number of amides is 2. The number of aliphatic hydroxyl groups is 1. The summed E-state index contributed by atoms with van der Waals surface area (Å²) >= 11 is 1.44. The van der Waals surface area contributed by atoms with Gasteiger partial charge < -0.3 is 15.7 Å². The molecule has 2 amide bonds. The van der Waals surface area contributed by atoms with Crippen LogP contribution in [0.4, 0.5) is 4.39 Å². The van der Waals surface area contributed by atoms with Crippen LogP contribution in [0.3, 0.4) is 0 Å². The van der Waals surface area contributed by atoms with Crippen LogP contribution in [-0.4, -0.2) is 23.5 Å². The lowest BCUT2D eigenvalue weighted by Crippen LogP contribution is -2.45. The van der Waals surface area contributed by atoms with Gasteiger partial charge in [0, 0.05) is 16.1 Å². The lowest BCUT2D eigenvalue weighted by molar-refractivity contribution is -0.139. The van der Waals surface area contributed by atoms with Gasteiger partial charge in [0.15, 0.2) is 0 Å². The molecule has 3 N–H and O–H groups in total. The molecule has 7 heteroatoms. The topological polar surface area (TPSA) is 78.4 Å².